The molecule has 0 amide bonds. The van der Waals surface area contributed by atoms with Gasteiger partial charge >= 0.3 is 415 Å². The summed E-state index contributed by atoms with van der Waals surface area (Å²) in [4.78, 5) is 0. The summed E-state index contributed by atoms with van der Waals surface area (Å²) in [7, 11) is 18.8. The average Bonchev–Trinajstić information content (AvgIpc) is 3.84. The van der Waals surface area contributed by atoms with Crippen molar-refractivity contribution in [3.63, 3.8) is 0 Å². The third-order valence-corrected chi connectivity index (χ3v) is 70.0. The third kappa shape index (κ3) is 9.74. The Balaban J connectivity index is 1.36. The summed E-state index contributed by atoms with van der Waals surface area (Å²) in [6.45, 7) is 24.1. The molecule has 4 aromatic rings. The fraction of sp³-hybridized carbons (Fsp3) is 0.548. The number of hydrogen-bond acceptors (Lipinski definition) is 0. The first-order valence-corrected chi connectivity index (χ1v) is 43.1. The Labute approximate surface area is 412 Å². The van der Waals surface area contributed by atoms with E-state index in [0.717, 1.165) is 12.8 Å². The second kappa shape index (κ2) is 19.7. The second-order valence-electron chi connectivity index (χ2n) is 24.6. The number of halogens is 2. The SMILES string of the molecule is CCC1(CC2=Cc3c(-c4ccc(C(C)(C)C)cc4)cccc3[CH]2[Zr]([Cl])([Cl])([CH]2C(CC3(CC)CCCCCCC3)=Cc3c(-c4ccc(C(C)(C)C)cc4)cccc32)[SiH](C)C)CCCCCCC1. The van der Waals surface area contributed by atoms with E-state index in [-0.39, 0.29) is 28.9 Å². The Hall–Kier alpha value is -1.96. The Morgan fingerprint density at radius 2 is 0.833 bits per heavy atom. The van der Waals surface area contributed by atoms with Crippen LogP contribution in [0.1, 0.15) is 212 Å². The van der Waals surface area contributed by atoms with Crippen LogP contribution in [0, 0.1) is 10.8 Å². The van der Waals surface area contributed by atoms with E-state index in [0.29, 0.717) is 0 Å². The molecule has 355 valence electrons. The molecule has 8 rings (SSSR count). The van der Waals surface area contributed by atoms with E-state index in [9.17, 15) is 17.0 Å². The summed E-state index contributed by atoms with van der Waals surface area (Å²) < 4.78 is 0.172. The van der Waals surface area contributed by atoms with E-state index in [1.54, 1.807) is 11.1 Å². The molecular formula is C62H85Cl2SiZr. The Morgan fingerprint density at radius 3 is 1.14 bits per heavy atom. The van der Waals surface area contributed by atoms with Crippen LogP contribution in [-0.2, 0) is 26.4 Å². The van der Waals surface area contributed by atoms with Gasteiger partial charge in [-0.05, 0) is 0 Å². The first-order valence-electron chi connectivity index (χ1n) is 26.8. The van der Waals surface area contributed by atoms with Crippen LogP contribution < -0.4 is 0 Å². The monoisotopic (exact) mass is 1020 g/mol. The molecule has 0 aromatic heterocycles. The molecule has 4 heteroatoms. The summed E-state index contributed by atoms with van der Waals surface area (Å²) in [5.74, 6) is -1.80. The number of allylic oxidation sites excluding steroid dienone is 2. The van der Waals surface area contributed by atoms with E-state index in [4.69, 9.17) is 0 Å². The molecule has 2 fully saturated rings. The molecule has 2 unspecified atom stereocenters. The maximum absolute atomic E-state index is 9.41. The molecule has 4 aliphatic rings. The van der Waals surface area contributed by atoms with Crippen molar-refractivity contribution in [3.05, 3.63) is 129 Å². The fourth-order valence-electron chi connectivity index (χ4n) is 13.7. The number of rotatable bonds is 11. The Bertz CT molecular complexity index is 2220. The van der Waals surface area contributed by atoms with Crippen LogP contribution in [0.15, 0.2) is 96.1 Å². The minimum atomic E-state index is -5.20. The summed E-state index contributed by atoms with van der Waals surface area (Å²) >= 11 is -5.20. The zero-order valence-electron chi connectivity index (χ0n) is 43.0. The summed E-state index contributed by atoms with van der Waals surface area (Å²) in [6, 6.07) is 33.4. The van der Waals surface area contributed by atoms with E-state index >= 15 is 0 Å². The van der Waals surface area contributed by atoms with Crippen molar-refractivity contribution in [2.75, 3.05) is 0 Å². The van der Waals surface area contributed by atoms with E-state index in [2.05, 4.69) is 166 Å². The molecule has 0 saturated heterocycles. The topological polar surface area (TPSA) is 0 Å². The van der Waals surface area contributed by atoms with Gasteiger partial charge in [-0.1, -0.05) is 0 Å². The molecule has 0 heterocycles. The molecule has 66 heavy (non-hydrogen) atoms. The molecule has 0 radical (unpaired) electrons. The van der Waals surface area contributed by atoms with Gasteiger partial charge in [0, 0.05) is 0 Å². The molecule has 2 atom stereocenters. The normalized spacial score (nSPS) is 21.9. The van der Waals surface area contributed by atoms with Gasteiger partial charge in [0.1, 0.15) is 0 Å². The summed E-state index contributed by atoms with van der Waals surface area (Å²) in [5, 5.41) is 0. The van der Waals surface area contributed by atoms with Gasteiger partial charge in [0.2, 0.25) is 0 Å². The maximum atomic E-state index is 9.41. The van der Waals surface area contributed by atoms with Gasteiger partial charge in [-0.2, -0.15) is 0 Å². The van der Waals surface area contributed by atoms with Crippen molar-refractivity contribution in [1.29, 1.82) is 0 Å². The predicted octanol–water partition coefficient (Wildman–Crippen LogP) is 20.2. The molecule has 0 N–H and O–H groups in total. The molecule has 0 bridgehead atoms. The molecular weight excluding hydrogens is 935 g/mol. The van der Waals surface area contributed by atoms with E-state index < -0.39 is 21.5 Å². The molecule has 0 nitrogen and oxygen atoms in total. The molecule has 0 spiro atoms. The van der Waals surface area contributed by atoms with Gasteiger partial charge in [0.25, 0.3) is 0 Å². The van der Waals surface area contributed by atoms with Crippen LogP contribution in [-0.4, -0.2) is 5.92 Å². The Morgan fingerprint density at radius 1 is 0.500 bits per heavy atom. The fourth-order valence-corrected chi connectivity index (χ4v) is 45.0. The van der Waals surface area contributed by atoms with Crippen molar-refractivity contribution < 1.29 is 15.6 Å². The number of hydrogen-bond donors (Lipinski definition) is 0. The minimum absolute atomic E-state index is 0.0862. The van der Waals surface area contributed by atoms with Gasteiger partial charge < -0.3 is 0 Å². The standard InChI is InChI=1S/2C30H39.C2H7Si.2ClH.Zr/c2*1-5-30(18-9-7-6-8-10-19-30)22-23-20-25-12-11-13-27(28(25)21-23)24-14-16-26(17-15-24)29(2,3)4;1-3-2;;;/h2*11-17,20-21H,5-10,18-19,22H2,1-4H3;3H,1-2H3;2*1H;/q;;;;;+2/p-2. The molecule has 2 saturated carbocycles. The molecule has 0 aliphatic heterocycles. The van der Waals surface area contributed by atoms with Crippen LogP contribution >= 0.6 is 17.0 Å². The first kappa shape index (κ1) is 50.4. The predicted molar refractivity (Wildman–Crippen MR) is 292 cm³/mol. The van der Waals surface area contributed by atoms with E-state index in [1.165, 1.54) is 158 Å². The van der Waals surface area contributed by atoms with Crippen molar-refractivity contribution in [3.8, 4) is 22.3 Å². The summed E-state index contributed by atoms with van der Waals surface area (Å²) in [5.41, 5.74) is 17.6. The van der Waals surface area contributed by atoms with Crippen LogP contribution in [0.5, 0.6) is 0 Å². The van der Waals surface area contributed by atoms with Crippen LogP contribution in [0.4, 0.5) is 0 Å². The van der Waals surface area contributed by atoms with Gasteiger partial charge in [0.05, 0.1) is 0 Å². The second-order valence-corrected chi connectivity index (χ2v) is 67.1. The Kier molecular flexibility index (Phi) is 15.0. The van der Waals surface area contributed by atoms with Gasteiger partial charge in [-0.25, -0.2) is 0 Å². The van der Waals surface area contributed by atoms with Crippen molar-refractivity contribution in [2.45, 2.75) is 202 Å². The number of benzene rings is 4. The third-order valence-electron chi connectivity index (χ3n) is 18.1. The molecule has 4 aromatic carbocycles. The first-order chi connectivity index (χ1) is 31.3. The quantitative estimate of drug-likeness (QED) is 0.131. The van der Waals surface area contributed by atoms with Crippen LogP contribution in [0.25, 0.3) is 34.4 Å². The van der Waals surface area contributed by atoms with Crippen LogP contribution in [0.2, 0.25) is 13.1 Å². The van der Waals surface area contributed by atoms with E-state index in [1.807, 2.05) is 0 Å². The molecule has 4 aliphatic carbocycles. The van der Waals surface area contributed by atoms with Crippen molar-refractivity contribution in [2.24, 2.45) is 10.8 Å². The van der Waals surface area contributed by atoms with Gasteiger partial charge in [-0.3, -0.25) is 0 Å². The number of fused-ring (bicyclic) bond motifs is 2. The zero-order valence-corrected chi connectivity index (χ0v) is 48.1. The van der Waals surface area contributed by atoms with Crippen LogP contribution in [0.3, 0.4) is 0 Å². The van der Waals surface area contributed by atoms with Crippen molar-refractivity contribution in [1.82, 2.24) is 0 Å². The van der Waals surface area contributed by atoms with Gasteiger partial charge in [0.15, 0.2) is 0 Å². The summed E-state index contributed by atoms with van der Waals surface area (Å²) in [6.07, 6.45) is 28.9. The zero-order chi connectivity index (χ0) is 47.1. The average molecular weight is 1020 g/mol. The van der Waals surface area contributed by atoms with Crippen molar-refractivity contribution >= 4 is 35.1 Å². The van der Waals surface area contributed by atoms with Gasteiger partial charge in [-0.15, -0.1) is 0 Å².